The Bertz CT molecular complexity index is 513. The third kappa shape index (κ3) is 3.45. The van der Waals surface area contributed by atoms with Gasteiger partial charge in [0, 0.05) is 12.6 Å². The number of nitrogens with zero attached hydrogens (tertiary/aromatic N) is 1. The molecule has 0 bridgehead atoms. The van der Waals surface area contributed by atoms with E-state index in [1.54, 1.807) is 0 Å². The van der Waals surface area contributed by atoms with Crippen molar-refractivity contribution in [2.75, 3.05) is 24.3 Å². The van der Waals surface area contributed by atoms with Gasteiger partial charge in [-0.25, -0.2) is 0 Å². The van der Waals surface area contributed by atoms with Crippen molar-refractivity contribution in [3.63, 3.8) is 0 Å². The second kappa shape index (κ2) is 6.54. The van der Waals surface area contributed by atoms with E-state index in [9.17, 15) is 0 Å². The molecule has 2 rings (SSSR count). The van der Waals surface area contributed by atoms with E-state index in [-0.39, 0.29) is 6.04 Å². The zero-order valence-electron chi connectivity index (χ0n) is 11.2. The summed E-state index contributed by atoms with van der Waals surface area (Å²) in [5.41, 5.74) is 8.04. The molecular formula is C14H19N3OS. The lowest BCUT2D eigenvalue weighted by Gasteiger charge is -2.14. The lowest BCUT2D eigenvalue weighted by Crippen LogP contribution is -2.21. The summed E-state index contributed by atoms with van der Waals surface area (Å²) in [5.74, 6) is 0.572. The lowest BCUT2D eigenvalue weighted by atomic mass is 10.1. The Balaban J connectivity index is 2.19. The van der Waals surface area contributed by atoms with Gasteiger partial charge in [-0.05, 0) is 30.9 Å². The van der Waals surface area contributed by atoms with Gasteiger partial charge in [-0.3, -0.25) is 0 Å². The first-order chi connectivity index (χ1) is 9.22. The SMILES string of the molecule is CCOCC(C)Nc1snc(N)c1-c1ccccc1. The fourth-order valence-electron chi connectivity index (χ4n) is 1.84. The van der Waals surface area contributed by atoms with Crippen LogP contribution in [0.4, 0.5) is 10.8 Å². The first-order valence-electron chi connectivity index (χ1n) is 6.37. The van der Waals surface area contributed by atoms with Gasteiger partial charge in [-0.15, -0.1) is 0 Å². The fraction of sp³-hybridized carbons (Fsp3) is 0.357. The van der Waals surface area contributed by atoms with E-state index in [1.165, 1.54) is 11.5 Å². The van der Waals surface area contributed by atoms with E-state index < -0.39 is 0 Å². The van der Waals surface area contributed by atoms with Crippen LogP contribution < -0.4 is 11.1 Å². The summed E-state index contributed by atoms with van der Waals surface area (Å²) in [6.45, 7) is 5.47. The quantitative estimate of drug-likeness (QED) is 0.851. The summed E-state index contributed by atoms with van der Waals surface area (Å²) >= 11 is 1.39. The molecule has 1 aromatic carbocycles. The smallest absolute Gasteiger partial charge is 0.147 e. The number of nitrogens with two attached hydrogens (primary N) is 1. The molecule has 0 aliphatic rings. The van der Waals surface area contributed by atoms with Crippen molar-refractivity contribution in [3.8, 4) is 11.1 Å². The summed E-state index contributed by atoms with van der Waals surface area (Å²) in [7, 11) is 0. The van der Waals surface area contributed by atoms with E-state index in [4.69, 9.17) is 10.5 Å². The molecule has 3 N–H and O–H groups in total. The molecule has 19 heavy (non-hydrogen) atoms. The Hall–Kier alpha value is -1.59. The van der Waals surface area contributed by atoms with Crippen LogP contribution >= 0.6 is 11.5 Å². The molecule has 1 atom stereocenters. The van der Waals surface area contributed by atoms with Gasteiger partial charge in [-0.2, -0.15) is 4.37 Å². The highest BCUT2D eigenvalue weighted by Crippen LogP contribution is 2.36. The van der Waals surface area contributed by atoms with E-state index in [0.717, 1.165) is 22.7 Å². The molecule has 102 valence electrons. The van der Waals surface area contributed by atoms with Crippen molar-refractivity contribution >= 4 is 22.4 Å². The third-order valence-corrected chi connectivity index (χ3v) is 3.52. The van der Waals surface area contributed by atoms with Crippen LogP contribution in [0.5, 0.6) is 0 Å². The van der Waals surface area contributed by atoms with Crippen molar-refractivity contribution in [2.45, 2.75) is 19.9 Å². The highest BCUT2D eigenvalue weighted by Gasteiger charge is 2.15. The van der Waals surface area contributed by atoms with Gasteiger partial charge in [0.1, 0.15) is 10.8 Å². The molecule has 0 aliphatic carbocycles. The van der Waals surface area contributed by atoms with Crippen LogP contribution in [0.15, 0.2) is 30.3 Å². The lowest BCUT2D eigenvalue weighted by molar-refractivity contribution is 0.141. The molecule has 0 aliphatic heterocycles. The van der Waals surface area contributed by atoms with Crippen LogP contribution in [0.2, 0.25) is 0 Å². The largest absolute Gasteiger partial charge is 0.382 e. The minimum atomic E-state index is 0.224. The zero-order chi connectivity index (χ0) is 13.7. The van der Waals surface area contributed by atoms with Crippen LogP contribution in [-0.2, 0) is 4.74 Å². The minimum Gasteiger partial charge on any atom is -0.382 e. The summed E-state index contributed by atoms with van der Waals surface area (Å²) in [6, 6.07) is 10.3. The maximum absolute atomic E-state index is 5.98. The topological polar surface area (TPSA) is 60.2 Å². The summed E-state index contributed by atoms with van der Waals surface area (Å²) in [6.07, 6.45) is 0. The predicted octanol–water partition coefficient (Wildman–Crippen LogP) is 3.23. The normalized spacial score (nSPS) is 12.3. The van der Waals surface area contributed by atoms with Gasteiger partial charge in [0.05, 0.1) is 12.2 Å². The second-order valence-corrected chi connectivity index (χ2v) is 5.12. The highest BCUT2D eigenvalue weighted by molar-refractivity contribution is 7.11. The minimum absolute atomic E-state index is 0.224. The Labute approximate surface area is 117 Å². The first kappa shape index (κ1) is 13.8. The monoisotopic (exact) mass is 277 g/mol. The van der Waals surface area contributed by atoms with Gasteiger partial charge in [-0.1, -0.05) is 30.3 Å². The number of ether oxygens (including phenoxy) is 1. The van der Waals surface area contributed by atoms with Gasteiger partial charge in [0.15, 0.2) is 0 Å². The molecule has 2 aromatic rings. The summed E-state index contributed by atoms with van der Waals surface area (Å²) < 4.78 is 9.65. The zero-order valence-corrected chi connectivity index (χ0v) is 12.0. The van der Waals surface area contributed by atoms with Gasteiger partial charge in [0.25, 0.3) is 0 Å². The van der Waals surface area contributed by atoms with Crippen molar-refractivity contribution in [3.05, 3.63) is 30.3 Å². The maximum atomic E-state index is 5.98. The van der Waals surface area contributed by atoms with E-state index in [2.05, 4.69) is 16.6 Å². The third-order valence-electron chi connectivity index (χ3n) is 2.73. The average molecular weight is 277 g/mol. The van der Waals surface area contributed by atoms with Gasteiger partial charge < -0.3 is 15.8 Å². The van der Waals surface area contributed by atoms with Crippen molar-refractivity contribution in [1.82, 2.24) is 4.37 Å². The molecule has 5 heteroatoms. The van der Waals surface area contributed by atoms with Crippen molar-refractivity contribution in [1.29, 1.82) is 0 Å². The van der Waals surface area contributed by atoms with Crippen LogP contribution in [0.25, 0.3) is 11.1 Å². The number of hydrogen-bond donors (Lipinski definition) is 2. The standard InChI is InChI=1S/C14H19N3OS/c1-3-18-9-10(2)16-14-12(13(15)17-19-14)11-7-5-4-6-8-11/h4-8,10,16H,3,9H2,1-2H3,(H2,15,17). The van der Waals surface area contributed by atoms with Crippen molar-refractivity contribution in [2.24, 2.45) is 0 Å². The van der Waals surface area contributed by atoms with E-state index >= 15 is 0 Å². The van der Waals surface area contributed by atoms with Crippen LogP contribution in [-0.4, -0.2) is 23.6 Å². The molecule has 1 aromatic heterocycles. The number of nitrogens with one attached hydrogen (secondary N) is 1. The van der Waals surface area contributed by atoms with Crippen LogP contribution in [0, 0.1) is 0 Å². The molecule has 0 fully saturated rings. The van der Waals surface area contributed by atoms with Crippen molar-refractivity contribution < 1.29 is 4.74 Å². The molecule has 0 amide bonds. The molecule has 1 heterocycles. The molecule has 1 unspecified atom stereocenters. The number of hydrogen-bond acceptors (Lipinski definition) is 5. The Morgan fingerprint density at radius 3 is 2.79 bits per heavy atom. The fourth-order valence-corrected chi connectivity index (χ4v) is 2.69. The number of rotatable bonds is 6. The summed E-state index contributed by atoms with van der Waals surface area (Å²) in [4.78, 5) is 0. The Kier molecular flexibility index (Phi) is 4.76. The molecule has 0 radical (unpaired) electrons. The number of aromatic nitrogens is 1. The molecule has 0 saturated carbocycles. The molecule has 4 nitrogen and oxygen atoms in total. The van der Waals surface area contributed by atoms with E-state index in [0.29, 0.717) is 12.4 Å². The number of benzene rings is 1. The van der Waals surface area contributed by atoms with Crippen LogP contribution in [0.1, 0.15) is 13.8 Å². The molecule has 0 spiro atoms. The second-order valence-electron chi connectivity index (χ2n) is 4.34. The predicted molar refractivity (Wildman–Crippen MR) is 81.5 cm³/mol. The Morgan fingerprint density at radius 1 is 1.37 bits per heavy atom. The van der Waals surface area contributed by atoms with Gasteiger partial charge >= 0.3 is 0 Å². The van der Waals surface area contributed by atoms with Gasteiger partial charge in [0.2, 0.25) is 0 Å². The molecule has 0 saturated heterocycles. The maximum Gasteiger partial charge on any atom is 0.147 e. The summed E-state index contributed by atoms with van der Waals surface area (Å²) in [5, 5.41) is 4.41. The first-order valence-corrected chi connectivity index (χ1v) is 7.14. The number of nitrogen functional groups attached to an aromatic ring is 1. The van der Waals surface area contributed by atoms with E-state index in [1.807, 2.05) is 37.3 Å². The average Bonchev–Trinajstić information content (AvgIpc) is 2.78. The highest BCUT2D eigenvalue weighted by atomic mass is 32.1. The van der Waals surface area contributed by atoms with Crippen LogP contribution in [0.3, 0.4) is 0 Å². The molecular weight excluding hydrogens is 258 g/mol. The number of anilines is 2. The Morgan fingerprint density at radius 2 is 2.11 bits per heavy atom.